The molecule has 1 saturated heterocycles. The Balaban J connectivity index is 1.61. The molecule has 0 spiro atoms. The second-order valence-electron chi connectivity index (χ2n) is 6.41. The van der Waals surface area contributed by atoms with Crippen molar-refractivity contribution < 1.29 is 0 Å². The SMILES string of the molecule is CC1CCCCC1N1CCN(c2ccccc2N)CC1. The average molecular weight is 273 g/mol. The Hall–Kier alpha value is -1.22. The van der Waals surface area contributed by atoms with Gasteiger partial charge >= 0.3 is 0 Å². The third kappa shape index (κ3) is 2.78. The lowest BCUT2D eigenvalue weighted by Gasteiger charge is -2.44. The second kappa shape index (κ2) is 6.04. The van der Waals surface area contributed by atoms with Gasteiger partial charge in [0.15, 0.2) is 0 Å². The van der Waals surface area contributed by atoms with Gasteiger partial charge in [-0.1, -0.05) is 31.9 Å². The molecule has 2 N–H and O–H groups in total. The van der Waals surface area contributed by atoms with Gasteiger partial charge in [0, 0.05) is 32.2 Å². The highest BCUT2D eigenvalue weighted by Gasteiger charge is 2.29. The third-order valence-corrected chi connectivity index (χ3v) is 5.13. The fourth-order valence-corrected chi connectivity index (χ4v) is 3.91. The van der Waals surface area contributed by atoms with Crippen molar-refractivity contribution in [3.63, 3.8) is 0 Å². The Morgan fingerprint density at radius 1 is 1.00 bits per heavy atom. The molecule has 0 aromatic heterocycles. The Kier molecular flexibility index (Phi) is 4.16. The molecule has 1 aromatic rings. The van der Waals surface area contributed by atoms with Crippen LogP contribution in [-0.2, 0) is 0 Å². The normalized spacial score (nSPS) is 28.6. The molecule has 1 saturated carbocycles. The van der Waals surface area contributed by atoms with Crippen molar-refractivity contribution in [1.29, 1.82) is 0 Å². The van der Waals surface area contributed by atoms with E-state index in [4.69, 9.17) is 5.73 Å². The predicted molar refractivity (Wildman–Crippen MR) is 86.1 cm³/mol. The van der Waals surface area contributed by atoms with E-state index in [-0.39, 0.29) is 0 Å². The molecular weight excluding hydrogens is 246 g/mol. The number of anilines is 2. The molecular formula is C17H27N3. The van der Waals surface area contributed by atoms with Gasteiger partial charge in [0.1, 0.15) is 0 Å². The molecule has 3 rings (SSSR count). The molecule has 3 nitrogen and oxygen atoms in total. The third-order valence-electron chi connectivity index (χ3n) is 5.13. The van der Waals surface area contributed by atoms with Crippen LogP contribution < -0.4 is 10.6 Å². The van der Waals surface area contributed by atoms with Crippen molar-refractivity contribution in [2.45, 2.75) is 38.6 Å². The van der Waals surface area contributed by atoms with Crippen molar-refractivity contribution in [1.82, 2.24) is 4.90 Å². The minimum atomic E-state index is 0.819. The fraction of sp³-hybridized carbons (Fsp3) is 0.647. The van der Waals surface area contributed by atoms with E-state index in [1.54, 1.807) is 0 Å². The minimum absolute atomic E-state index is 0.819. The van der Waals surface area contributed by atoms with E-state index in [9.17, 15) is 0 Å². The first-order valence-corrected chi connectivity index (χ1v) is 8.09. The second-order valence-corrected chi connectivity index (χ2v) is 6.41. The summed E-state index contributed by atoms with van der Waals surface area (Å²) in [7, 11) is 0. The van der Waals surface area contributed by atoms with E-state index in [0.29, 0.717) is 0 Å². The van der Waals surface area contributed by atoms with E-state index in [2.05, 4.69) is 28.9 Å². The first-order valence-electron chi connectivity index (χ1n) is 8.09. The smallest absolute Gasteiger partial charge is 0.0600 e. The highest BCUT2D eigenvalue weighted by molar-refractivity contribution is 5.67. The standard InChI is InChI=1S/C17H27N3/c1-14-6-2-4-8-16(14)19-10-12-20(13-11-19)17-9-5-3-7-15(17)18/h3,5,7,9,14,16H,2,4,6,8,10-13,18H2,1H3. The number of para-hydroxylation sites is 2. The van der Waals surface area contributed by atoms with Crippen LogP contribution in [0.1, 0.15) is 32.6 Å². The lowest BCUT2D eigenvalue weighted by molar-refractivity contribution is 0.106. The van der Waals surface area contributed by atoms with Gasteiger partial charge in [0.25, 0.3) is 0 Å². The molecule has 2 atom stereocenters. The summed E-state index contributed by atoms with van der Waals surface area (Å²) in [5.74, 6) is 0.872. The van der Waals surface area contributed by atoms with E-state index in [1.165, 1.54) is 44.5 Å². The summed E-state index contributed by atoms with van der Waals surface area (Å²) in [5.41, 5.74) is 8.22. The summed E-state index contributed by atoms with van der Waals surface area (Å²) < 4.78 is 0. The van der Waals surface area contributed by atoms with Crippen LogP contribution >= 0.6 is 0 Å². The summed E-state index contributed by atoms with van der Waals surface area (Å²) in [4.78, 5) is 5.17. The van der Waals surface area contributed by atoms with Gasteiger partial charge in [0.2, 0.25) is 0 Å². The molecule has 1 aliphatic carbocycles. The number of benzene rings is 1. The van der Waals surface area contributed by atoms with Crippen molar-refractivity contribution in [2.75, 3.05) is 36.8 Å². The van der Waals surface area contributed by atoms with Gasteiger partial charge in [-0.2, -0.15) is 0 Å². The molecule has 2 aliphatic rings. The van der Waals surface area contributed by atoms with Gasteiger partial charge in [0.05, 0.1) is 11.4 Å². The molecule has 0 bridgehead atoms. The van der Waals surface area contributed by atoms with E-state index < -0.39 is 0 Å². The Morgan fingerprint density at radius 2 is 1.70 bits per heavy atom. The molecule has 20 heavy (non-hydrogen) atoms. The van der Waals surface area contributed by atoms with Crippen molar-refractivity contribution in [3.05, 3.63) is 24.3 Å². The van der Waals surface area contributed by atoms with Crippen LogP contribution in [-0.4, -0.2) is 37.1 Å². The highest BCUT2D eigenvalue weighted by atomic mass is 15.3. The maximum Gasteiger partial charge on any atom is 0.0600 e. The molecule has 0 radical (unpaired) electrons. The monoisotopic (exact) mass is 273 g/mol. The highest BCUT2D eigenvalue weighted by Crippen LogP contribution is 2.30. The fourth-order valence-electron chi connectivity index (χ4n) is 3.91. The Morgan fingerprint density at radius 3 is 2.40 bits per heavy atom. The molecule has 1 aromatic carbocycles. The summed E-state index contributed by atoms with van der Waals surface area (Å²) in [6.45, 7) is 7.02. The van der Waals surface area contributed by atoms with Crippen LogP contribution in [0.3, 0.4) is 0 Å². The Bertz CT molecular complexity index is 438. The minimum Gasteiger partial charge on any atom is -0.397 e. The summed E-state index contributed by atoms with van der Waals surface area (Å²) in [6.07, 6.45) is 5.66. The number of hydrogen-bond donors (Lipinski definition) is 1. The van der Waals surface area contributed by atoms with E-state index in [0.717, 1.165) is 30.7 Å². The van der Waals surface area contributed by atoms with E-state index >= 15 is 0 Å². The van der Waals surface area contributed by atoms with Gasteiger partial charge in [-0.3, -0.25) is 4.90 Å². The first kappa shape index (κ1) is 13.7. The average Bonchev–Trinajstić information content (AvgIpc) is 2.49. The van der Waals surface area contributed by atoms with Crippen molar-refractivity contribution in [2.24, 2.45) is 5.92 Å². The van der Waals surface area contributed by atoms with Crippen LogP contribution in [0.25, 0.3) is 0 Å². The lowest BCUT2D eigenvalue weighted by Crippen LogP contribution is -2.52. The predicted octanol–water partition coefficient (Wildman–Crippen LogP) is 2.97. The largest absolute Gasteiger partial charge is 0.397 e. The molecule has 2 unspecified atom stereocenters. The maximum absolute atomic E-state index is 6.10. The van der Waals surface area contributed by atoms with Crippen LogP contribution in [0.4, 0.5) is 11.4 Å². The van der Waals surface area contributed by atoms with E-state index in [1.807, 2.05) is 12.1 Å². The Labute approximate surface area is 122 Å². The molecule has 110 valence electrons. The molecule has 1 heterocycles. The summed E-state index contributed by atoms with van der Waals surface area (Å²) in [6, 6.07) is 9.07. The van der Waals surface area contributed by atoms with Gasteiger partial charge < -0.3 is 10.6 Å². The number of piperazine rings is 1. The van der Waals surface area contributed by atoms with Crippen LogP contribution in [0.5, 0.6) is 0 Å². The topological polar surface area (TPSA) is 32.5 Å². The number of nitrogens with two attached hydrogens (primary N) is 1. The van der Waals surface area contributed by atoms with Crippen molar-refractivity contribution >= 4 is 11.4 Å². The number of nitrogen functional groups attached to an aromatic ring is 1. The van der Waals surface area contributed by atoms with Crippen LogP contribution in [0, 0.1) is 5.92 Å². The first-order chi connectivity index (χ1) is 9.75. The van der Waals surface area contributed by atoms with Crippen molar-refractivity contribution in [3.8, 4) is 0 Å². The molecule has 1 aliphatic heterocycles. The number of rotatable bonds is 2. The number of hydrogen-bond acceptors (Lipinski definition) is 3. The van der Waals surface area contributed by atoms with Gasteiger partial charge in [-0.05, 0) is 30.9 Å². The van der Waals surface area contributed by atoms with Gasteiger partial charge in [-0.15, -0.1) is 0 Å². The lowest BCUT2D eigenvalue weighted by atomic mass is 9.84. The molecule has 3 heteroatoms. The zero-order chi connectivity index (χ0) is 13.9. The zero-order valence-electron chi connectivity index (χ0n) is 12.6. The van der Waals surface area contributed by atoms with Crippen LogP contribution in [0.15, 0.2) is 24.3 Å². The zero-order valence-corrected chi connectivity index (χ0v) is 12.6. The van der Waals surface area contributed by atoms with Crippen LogP contribution in [0.2, 0.25) is 0 Å². The maximum atomic E-state index is 6.10. The number of nitrogens with zero attached hydrogens (tertiary/aromatic N) is 2. The molecule has 2 fully saturated rings. The summed E-state index contributed by atoms with van der Waals surface area (Å²) >= 11 is 0. The molecule has 0 amide bonds. The summed E-state index contributed by atoms with van der Waals surface area (Å²) in [5, 5.41) is 0. The van der Waals surface area contributed by atoms with Gasteiger partial charge in [-0.25, -0.2) is 0 Å². The quantitative estimate of drug-likeness (QED) is 0.841.